The van der Waals surface area contributed by atoms with Crippen LogP contribution in [0.1, 0.15) is 17.4 Å². The van der Waals surface area contributed by atoms with Gasteiger partial charge in [-0.05, 0) is 23.8 Å². The van der Waals surface area contributed by atoms with E-state index in [1.165, 1.54) is 24.3 Å². The molecule has 1 N–H and O–H groups in total. The summed E-state index contributed by atoms with van der Waals surface area (Å²) >= 11 is 5.64. The Morgan fingerprint density at radius 2 is 2.00 bits per heavy atom. The fraction of sp³-hybridized carbons (Fsp3) is 0.154. The molecule has 2 nitrogen and oxygen atoms in total. The van der Waals surface area contributed by atoms with E-state index in [2.05, 4.69) is 4.98 Å². The van der Waals surface area contributed by atoms with E-state index in [4.69, 9.17) is 11.6 Å². The van der Waals surface area contributed by atoms with Gasteiger partial charge >= 0.3 is 0 Å². The Morgan fingerprint density at radius 1 is 1.22 bits per heavy atom. The zero-order chi connectivity index (χ0) is 13.1. The standard InChI is InChI=1S/C13H10ClF2NO/c14-10-3-1-2-8(13(10)16)6-12(18)11-5-4-9(15)7-17-11/h1-5,7,12,18H,6H2. The van der Waals surface area contributed by atoms with Crippen LogP contribution in [-0.2, 0) is 6.42 Å². The minimum Gasteiger partial charge on any atom is -0.386 e. The van der Waals surface area contributed by atoms with E-state index in [9.17, 15) is 13.9 Å². The summed E-state index contributed by atoms with van der Waals surface area (Å²) in [6.45, 7) is 0. The summed E-state index contributed by atoms with van der Waals surface area (Å²) < 4.78 is 26.3. The molecule has 1 aromatic heterocycles. The van der Waals surface area contributed by atoms with Crippen molar-refractivity contribution in [3.63, 3.8) is 0 Å². The first-order chi connectivity index (χ1) is 8.58. The van der Waals surface area contributed by atoms with Gasteiger partial charge in [0.05, 0.1) is 16.9 Å². The molecule has 0 aliphatic heterocycles. The summed E-state index contributed by atoms with van der Waals surface area (Å²) in [6, 6.07) is 7.13. The highest BCUT2D eigenvalue weighted by Crippen LogP contribution is 2.23. The summed E-state index contributed by atoms with van der Waals surface area (Å²) in [5, 5.41) is 9.89. The SMILES string of the molecule is OC(Cc1cccc(Cl)c1F)c1ccc(F)cn1. The smallest absolute Gasteiger partial charge is 0.145 e. The summed E-state index contributed by atoms with van der Waals surface area (Å²) in [5.74, 6) is -1.04. The Kier molecular flexibility index (Phi) is 3.89. The van der Waals surface area contributed by atoms with E-state index < -0.39 is 17.7 Å². The number of rotatable bonds is 3. The molecule has 1 heterocycles. The lowest BCUT2D eigenvalue weighted by Gasteiger charge is -2.11. The Morgan fingerprint density at radius 3 is 2.67 bits per heavy atom. The van der Waals surface area contributed by atoms with Crippen LogP contribution in [0.4, 0.5) is 8.78 Å². The fourth-order valence-electron chi connectivity index (χ4n) is 1.60. The van der Waals surface area contributed by atoms with Gasteiger partial charge in [-0.25, -0.2) is 8.78 Å². The molecule has 18 heavy (non-hydrogen) atoms. The second-order valence-corrected chi connectivity index (χ2v) is 4.24. The highest BCUT2D eigenvalue weighted by molar-refractivity contribution is 6.30. The largest absolute Gasteiger partial charge is 0.386 e. The molecular weight excluding hydrogens is 260 g/mol. The van der Waals surface area contributed by atoms with Crippen LogP contribution in [0.3, 0.4) is 0 Å². The van der Waals surface area contributed by atoms with Gasteiger partial charge < -0.3 is 5.11 Å². The number of aliphatic hydroxyl groups is 1. The van der Waals surface area contributed by atoms with Crippen molar-refractivity contribution in [3.8, 4) is 0 Å². The van der Waals surface area contributed by atoms with Crippen molar-refractivity contribution in [2.75, 3.05) is 0 Å². The van der Waals surface area contributed by atoms with Gasteiger partial charge in [0.2, 0.25) is 0 Å². The predicted molar refractivity (Wildman–Crippen MR) is 64.3 cm³/mol. The second-order valence-electron chi connectivity index (χ2n) is 3.83. The number of hydrogen-bond donors (Lipinski definition) is 1. The molecule has 0 aliphatic carbocycles. The van der Waals surface area contributed by atoms with Crippen molar-refractivity contribution >= 4 is 11.6 Å². The lowest BCUT2D eigenvalue weighted by atomic mass is 10.0. The number of aliphatic hydroxyl groups excluding tert-OH is 1. The number of halogens is 3. The molecule has 94 valence electrons. The topological polar surface area (TPSA) is 33.1 Å². The fourth-order valence-corrected chi connectivity index (χ4v) is 1.80. The maximum Gasteiger partial charge on any atom is 0.145 e. The quantitative estimate of drug-likeness (QED) is 0.927. The zero-order valence-electron chi connectivity index (χ0n) is 9.28. The third-order valence-corrected chi connectivity index (χ3v) is 2.83. The van der Waals surface area contributed by atoms with Crippen LogP contribution in [-0.4, -0.2) is 10.1 Å². The average Bonchev–Trinajstić information content (AvgIpc) is 2.36. The first-order valence-corrected chi connectivity index (χ1v) is 5.68. The number of aromatic nitrogens is 1. The van der Waals surface area contributed by atoms with Gasteiger partial charge in [0, 0.05) is 6.42 Å². The molecule has 0 fully saturated rings. The number of pyridine rings is 1. The molecular formula is C13H10ClF2NO. The Hall–Kier alpha value is -1.52. The molecule has 0 saturated carbocycles. The third kappa shape index (κ3) is 2.83. The van der Waals surface area contributed by atoms with Crippen molar-refractivity contribution in [2.45, 2.75) is 12.5 Å². The number of nitrogens with zero attached hydrogens (tertiary/aromatic N) is 1. The molecule has 0 amide bonds. The zero-order valence-corrected chi connectivity index (χ0v) is 10.0. The van der Waals surface area contributed by atoms with Crippen LogP contribution >= 0.6 is 11.6 Å². The third-order valence-electron chi connectivity index (χ3n) is 2.54. The van der Waals surface area contributed by atoms with Crippen molar-refractivity contribution < 1.29 is 13.9 Å². The lowest BCUT2D eigenvalue weighted by Crippen LogP contribution is -2.05. The summed E-state index contributed by atoms with van der Waals surface area (Å²) in [7, 11) is 0. The molecule has 0 spiro atoms. The van der Waals surface area contributed by atoms with Crippen LogP contribution in [0.5, 0.6) is 0 Å². The maximum absolute atomic E-state index is 13.6. The van der Waals surface area contributed by atoms with Crippen molar-refractivity contribution in [3.05, 3.63) is 64.4 Å². The predicted octanol–water partition coefficient (Wildman–Crippen LogP) is 3.29. The highest BCUT2D eigenvalue weighted by Gasteiger charge is 2.14. The Bertz CT molecular complexity index is 545. The molecule has 2 rings (SSSR count). The molecule has 1 atom stereocenters. The van der Waals surface area contributed by atoms with Crippen LogP contribution in [0.15, 0.2) is 36.5 Å². The highest BCUT2D eigenvalue weighted by atomic mass is 35.5. The van der Waals surface area contributed by atoms with Gasteiger partial charge in [0.15, 0.2) is 0 Å². The Labute approximate surface area is 108 Å². The summed E-state index contributed by atoms with van der Waals surface area (Å²) in [5.41, 5.74) is 0.580. The number of benzene rings is 1. The molecule has 1 unspecified atom stereocenters. The van der Waals surface area contributed by atoms with E-state index >= 15 is 0 Å². The number of hydrogen-bond acceptors (Lipinski definition) is 2. The second kappa shape index (κ2) is 5.42. The van der Waals surface area contributed by atoms with E-state index in [1.54, 1.807) is 6.07 Å². The van der Waals surface area contributed by atoms with Gasteiger partial charge in [0.25, 0.3) is 0 Å². The van der Waals surface area contributed by atoms with Gasteiger partial charge in [-0.1, -0.05) is 23.7 Å². The van der Waals surface area contributed by atoms with Gasteiger partial charge in [0.1, 0.15) is 17.7 Å². The normalized spacial score (nSPS) is 12.4. The van der Waals surface area contributed by atoms with E-state index in [-0.39, 0.29) is 17.1 Å². The van der Waals surface area contributed by atoms with Crippen LogP contribution in [0.2, 0.25) is 5.02 Å². The van der Waals surface area contributed by atoms with Gasteiger partial charge in [-0.3, -0.25) is 4.98 Å². The molecule has 2 aromatic rings. The Balaban J connectivity index is 2.18. The van der Waals surface area contributed by atoms with Crippen LogP contribution in [0.25, 0.3) is 0 Å². The van der Waals surface area contributed by atoms with Crippen molar-refractivity contribution in [1.29, 1.82) is 0 Å². The molecule has 1 aromatic carbocycles. The van der Waals surface area contributed by atoms with E-state index in [0.29, 0.717) is 5.56 Å². The van der Waals surface area contributed by atoms with Gasteiger partial charge in [-0.15, -0.1) is 0 Å². The van der Waals surface area contributed by atoms with Gasteiger partial charge in [-0.2, -0.15) is 0 Å². The van der Waals surface area contributed by atoms with Crippen LogP contribution < -0.4 is 0 Å². The average molecular weight is 270 g/mol. The summed E-state index contributed by atoms with van der Waals surface area (Å²) in [4.78, 5) is 3.75. The lowest BCUT2D eigenvalue weighted by molar-refractivity contribution is 0.172. The monoisotopic (exact) mass is 269 g/mol. The molecule has 0 radical (unpaired) electrons. The van der Waals surface area contributed by atoms with Crippen LogP contribution in [0, 0.1) is 11.6 Å². The maximum atomic E-state index is 13.6. The summed E-state index contributed by atoms with van der Waals surface area (Å²) in [6.07, 6.45) is 0.0383. The molecule has 0 bridgehead atoms. The molecule has 0 aliphatic rings. The molecule has 5 heteroatoms. The minimum absolute atomic E-state index is 0.00626. The van der Waals surface area contributed by atoms with E-state index in [0.717, 1.165) is 6.20 Å². The first kappa shape index (κ1) is 12.9. The van der Waals surface area contributed by atoms with E-state index in [1.807, 2.05) is 0 Å². The van der Waals surface area contributed by atoms with Crippen molar-refractivity contribution in [1.82, 2.24) is 4.98 Å². The van der Waals surface area contributed by atoms with Crippen molar-refractivity contribution in [2.24, 2.45) is 0 Å². The first-order valence-electron chi connectivity index (χ1n) is 5.30. The minimum atomic E-state index is -1.00. The molecule has 0 saturated heterocycles.